The summed E-state index contributed by atoms with van der Waals surface area (Å²) in [5.74, 6) is 0. The fraction of sp³-hybridized carbons (Fsp3) is 0.467. The Bertz CT molecular complexity index is 421. The zero-order valence-corrected chi connectivity index (χ0v) is 13.3. The number of halogens is 4. The summed E-state index contributed by atoms with van der Waals surface area (Å²) in [5, 5.41) is 0. The van der Waals surface area contributed by atoms with Gasteiger partial charge in [-0.1, -0.05) is 30.8 Å². The van der Waals surface area contributed by atoms with Crippen LogP contribution in [0.1, 0.15) is 6.42 Å². The predicted molar refractivity (Wildman–Crippen MR) is 82.2 cm³/mol. The highest BCUT2D eigenvalue weighted by Crippen LogP contribution is 2.25. The van der Waals surface area contributed by atoms with E-state index in [2.05, 4.69) is 13.1 Å². The Morgan fingerprint density at radius 3 is 2.43 bits per heavy atom. The normalized spacial score (nSPS) is 14.5. The smallest absolute Gasteiger partial charge is 0.368 e. The molecule has 2 atom stereocenters. The molecule has 1 aromatic rings. The van der Waals surface area contributed by atoms with Crippen LogP contribution in [0, 0.1) is 0 Å². The summed E-state index contributed by atoms with van der Waals surface area (Å²) < 4.78 is 50.6. The number of hydrogen-bond donors (Lipinski definition) is 0. The molecule has 0 fully saturated rings. The van der Waals surface area contributed by atoms with E-state index in [1.54, 1.807) is 30.3 Å². The van der Waals surface area contributed by atoms with Gasteiger partial charge in [-0.05, 0) is 18.6 Å². The van der Waals surface area contributed by atoms with Crippen LogP contribution in [0.25, 0.3) is 0 Å². The lowest BCUT2D eigenvalue weighted by Crippen LogP contribution is -2.39. The van der Waals surface area contributed by atoms with Gasteiger partial charge in [-0.25, -0.2) is 4.39 Å². The Kier molecular flexibility index (Phi) is 6.94. The Balaban J connectivity index is 2.69. The topological polar surface area (TPSA) is 3.24 Å². The van der Waals surface area contributed by atoms with E-state index in [-0.39, 0.29) is 0 Å². The van der Waals surface area contributed by atoms with Crippen molar-refractivity contribution in [1.82, 2.24) is 0 Å². The van der Waals surface area contributed by atoms with Crippen LogP contribution in [-0.2, 0) is 0 Å². The molecule has 1 rings (SSSR count). The third-order valence-electron chi connectivity index (χ3n) is 3.35. The van der Waals surface area contributed by atoms with E-state index < -0.39 is 27.7 Å². The van der Waals surface area contributed by atoms with Gasteiger partial charge in [0, 0.05) is 12.2 Å². The van der Waals surface area contributed by atoms with Gasteiger partial charge in [0.2, 0.25) is 6.17 Å². The van der Waals surface area contributed by atoms with Gasteiger partial charge in [0.1, 0.15) is 0 Å². The van der Waals surface area contributed by atoms with Crippen LogP contribution >= 0.6 is 0 Å². The van der Waals surface area contributed by atoms with E-state index >= 15 is 0 Å². The number of rotatable bonds is 8. The lowest BCUT2D eigenvalue weighted by atomic mass is 10.2. The lowest BCUT2D eigenvalue weighted by Gasteiger charge is -2.27. The summed E-state index contributed by atoms with van der Waals surface area (Å²) >= 11 is 0. The van der Waals surface area contributed by atoms with E-state index in [0.717, 1.165) is 12.5 Å². The molecule has 1 aromatic carbocycles. The summed E-state index contributed by atoms with van der Waals surface area (Å²) in [7, 11) is -0.982. The fourth-order valence-corrected chi connectivity index (χ4v) is 3.05. The SMILES string of the molecule is C=C[SiH](C)CCCN(CC(F)C(F)(F)F)c1ccccc1. The number of hydrogen-bond acceptors (Lipinski definition) is 1. The van der Waals surface area contributed by atoms with Crippen molar-refractivity contribution in [1.29, 1.82) is 0 Å². The van der Waals surface area contributed by atoms with Crippen molar-refractivity contribution in [2.75, 3.05) is 18.0 Å². The first-order valence-corrected chi connectivity index (χ1v) is 9.61. The summed E-state index contributed by atoms with van der Waals surface area (Å²) in [6.07, 6.45) is -6.89. The summed E-state index contributed by atoms with van der Waals surface area (Å²) in [5.41, 5.74) is 2.57. The molecule has 2 unspecified atom stereocenters. The minimum Gasteiger partial charge on any atom is -0.368 e. The zero-order valence-electron chi connectivity index (χ0n) is 12.1. The van der Waals surface area contributed by atoms with E-state index in [1.807, 2.05) is 5.70 Å². The van der Waals surface area contributed by atoms with Crippen molar-refractivity contribution < 1.29 is 17.6 Å². The minimum atomic E-state index is -4.81. The monoisotopic (exact) mass is 319 g/mol. The molecule has 0 heterocycles. The lowest BCUT2D eigenvalue weighted by molar-refractivity contribution is -0.177. The maximum Gasteiger partial charge on any atom is 0.421 e. The average Bonchev–Trinajstić information content (AvgIpc) is 2.45. The number of anilines is 1. The molecule has 21 heavy (non-hydrogen) atoms. The zero-order chi connectivity index (χ0) is 15.9. The molecule has 0 aliphatic carbocycles. The van der Waals surface area contributed by atoms with Crippen LogP contribution in [-0.4, -0.2) is 34.2 Å². The van der Waals surface area contributed by atoms with Gasteiger partial charge in [-0.15, -0.1) is 12.3 Å². The van der Waals surface area contributed by atoms with Crippen LogP contribution in [0.15, 0.2) is 42.6 Å². The molecule has 0 amide bonds. The molecule has 6 heteroatoms. The molecule has 0 aromatic heterocycles. The van der Waals surface area contributed by atoms with Crippen LogP contribution in [0.4, 0.5) is 23.2 Å². The second-order valence-electron chi connectivity index (χ2n) is 5.15. The first-order chi connectivity index (χ1) is 9.84. The highest BCUT2D eigenvalue weighted by molar-refractivity contribution is 6.62. The van der Waals surface area contributed by atoms with Gasteiger partial charge in [0.05, 0.1) is 15.3 Å². The van der Waals surface area contributed by atoms with Gasteiger partial charge in [-0.2, -0.15) is 13.2 Å². The number of alkyl halides is 4. The third kappa shape index (κ3) is 6.33. The molecule has 0 saturated carbocycles. The van der Waals surface area contributed by atoms with E-state index in [1.165, 1.54) is 4.90 Å². The van der Waals surface area contributed by atoms with Crippen LogP contribution in [0.3, 0.4) is 0 Å². The van der Waals surface area contributed by atoms with Crippen LogP contribution < -0.4 is 4.90 Å². The fourth-order valence-electron chi connectivity index (χ4n) is 1.98. The van der Waals surface area contributed by atoms with E-state index in [0.29, 0.717) is 12.2 Å². The van der Waals surface area contributed by atoms with Gasteiger partial charge >= 0.3 is 6.18 Å². The van der Waals surface area contributed by atoms with E-state index in [4.69, 9.17) is 0 Å². The van der Waals surface area contributed by atoms with Crippen molar-refractivity contribution in [2.45, 2.75) is 31.4 Å². The Morgan fingerprint density at radius 2 is 1.90 bits per heavy atom. The molecule has 0 bridgehead atoms. The standard InChI is InChI=1S/C15H21F4NSi/c1-3-21(2)11-7-10-20(12-14(16)15(17,18)19)13-8-5-4-6-9-13/h3-6,8-9,14,21H,1,7,10-12H2,2H3. The molecule has 118 valence electrons. The van der Waals surface area contributed by atoms with Crippen molar-refractivity contribution >= 4 is 14.5 Å². The number of nitrogens with zero attached hydrogens (tertiary/aromatic N) is 1. The molecule has 0 aliphatic heterocycles. The Morgan fingerprint density at radius 1 is 1.29 bits per heavy atom. The first-order valence-electron chi connectivity index (χ1n) is 6.98. The van der Waals surface area contributed by atoms with Crippen molar-refractivity contribution in [3.63, 3.8) is 0 Å². The second kappa shape index (κ2) is 8.22. The molecular formula is C15H21F4NSi. The summed E-state index contributed by atoms with van der Waals surface area (Å²) in [6, 6.07) is 9.63. The van der Waals surface area contributed by atoms with E-state index in [9.17, 15) is 17.6 Å². The maximum absolute atomic E-state index is 13.3. The van der Waals surface area contributed by atoms with Crippen molar-refractivity contribution in [2.24, 2.45) is 0 Å². The van der Waals surface area contributed by atoms with Gasteiger partial charge in [0.15, 0.2) is 0 Å². The molecule has 0 saturated heterocycles. The molecule has 1 nitrogen and oxygen atoms in total. The maximum atomic E-state index is 13.3. The van der Waals surface area contributed by atoms with Crippen LogP contribution in [0.5, 0.6) is 0 Å². The molecule has 0 spiro atoms. The Labute approximate surface area is 124 Å². The van der Waals surface area contributed by atoms with Gasteiger partial charge < -0.3 is 4.90 Å². The minimum absolute atomic E-state index is 0.422. The first kappa shape index (κ1) is 17.7. The molecule has 0 N–H and O–H groups in total. The Hall–Kier alpha value is -1.30. The second-order valence-corrected chi connectivity index (χ2v) is 8.15. The molecule has 0 aliphatic rings. The largest absolute Gasteiger partial charge is 0.421 e. The van der Waals surface area contributed by atoms with Crippen molar-refractivity contribution in [3.05, 3.63) is 42.6 Å². The van der Waals surface area contributed by atoms with Gasteiger partial charge in [-0.3, -0.25) is 0 Å². The van der Waals surface area contributed by atoms with Gasteiger partial charge in [0.25, 0.3) is 0 Å². The number of para-hydroxylation sites is 1. The molecule has 0 radical (unpaired) electrons. The highest BCUT2D eigenvalue weighted by atomic mass is 28.3. The number of benzene rings is 1. The van der Waals surface area contributed by atoms with Crippen molar-refractivity contribution in [3.8, 4) is 0 Å². The summed E-state index contributed by atoms with van der Waals surface area (Å²) in [4.78, 5) is 1.47. The molecular weight excluding hydrogens is 298 g/mol. The van der Waals surface area contributed by atoms with Crippen LogP contribution in [0.2, 0.25) is 12.6 Å². The predicted octanol–water partition coefficient (Wildman–Crippen LogP) is 4.37. The summed E-state index contributed by atoms with van der Waals surface area (Å²) in [6.45, 7) is 5.64. The quantitative estimate of drug-likeness (QED) is 0.508. The highest BCUT2D eigenvalue weighted by Gasteiger charge is 2.41. The average molecular weight is 319 g/mol. The third-order valence-corrected chi connectivity index (χ3v) is 5.47.